The van der Waals surface area contributed by atoms with Gasteiger partial charge in [-0.15, -0.1) is 0 Å². The van der Waals surface area contributed by atoms with Gasteiger partial charge in [-0.3, -0.25) is 4.79 Å². The quantitative estimate of drug-likeness (QED) is 0.782. The number of anilines is 1. The molecule has 23 heavy (non-hydrogen) atoms. The number of para-hydroxylation sites is 2. The average Bonchev–Trinajstić information content (AvgIpc) is 2.55. The Morgan fingerprint density at radius 3 is 2.48 bits per heavy atom. The number of ether oxygens (including phenoxy) is 1. The third kappa shape index (κ3) is 4.71. The fourth-order valence-corrected chi connectivity index (χ4v) is 2.30. The summed E-state index contributed by atoms with van der Waals surface area (Å²) in [5.41, 5.74) is 3.88. The van der Waals surface area contributed by atoms with E-state index in [9.17, 15) is 4.79 Å². The van der Waals surface area contributed by atoms with E-state index in [1.165, 1.54) is 0 Å². The third-order valence-electron chi connectivity index (χ3n) is 3.52. The Morgan fingerprint density at radius 1 is 1.09 bits per heavy atom. The first-order valence-corrected chi connectivity index (χ1v) is 7.89. The summed E-state index contributed by atoms with van der Waals surface area (Å²) in [7, 11) is 0. The molecule has 0 saturated carbocycles. The maximum atomic E-state index is 12.2. The van der Waals surface area contributed by atoms with Crippen LogP contribution in [-0.2, 0) is 4.79 Å². The lowest BCUT2D eigenvalue weighted by Gasteiger charge is -2.10. The molecule has 0 saturated heterocycles. The lowest BCUT2D eigenvalue weighted by atomic mass is 10.1. The summed E-state index contributed by atoms with van der Waals surface area (Å²) in [6.07, 6.45) is 4.28. The van der Waals surface area contributed by atoms with Crippen LogP contribution in [0.3, 0.4) is 0 Å². The van der Waals surface area contributed by atoms with Gasteiger partial charge < -0.3 is 10.1 Å². The maximum Gasteiger partial charge on any atom is 0.248 e. The molecule has 1 N–H and O–H groups in total. The number of rotatable bonds is 6. The van der Waals surface area contributed by atoms with Crippen LogP contribution in [0.5, 0.6) is 5.75 Å². The average molecular weight is 309 g/mol. The Balaban J connectivity index is 2.10. The number of hydrogen-bond donors (Lipinski definition) is 1. The molecule has 2 aromatic rings. The first-order chi connectivity index (χ1) is 11.1. The van der Waals surface area contributed by atoms with Gasteiger partial charge in [0.15, 0.2) is 0 Å². The van der Waals surface area contributed by atoms with Crippen LogP contribution in [0.2, 0.25) is 0 Å². The Labute approximate surface area is 138 Å². The minimum atomic E-state index is -0.146. The summed E-state index contributed by atoms with van der Waals surface area (Å²) in [6, 6.07) is 13.7. The molecule has 120 valence electrons. The summed E-state index contributed by atoms with van der Waals surface area (Å²) >= 11 is 0. The Morgan fingerprint density at radius 2 is 1.78 bits per heavy atom. The molecule has 0 aliphatic rings. The van der Waals surface area contributed by atoms with Crippen molar-refractivity contribution in [3.63, 3.8) is 0 Å². The van der Waals surface area contributed by atoms with Crippen molar-refractivity contribution in [2.24, 2.45) is 0 Å². The zero-order valence-electron chi connectivity index (χ0n) is 13.9. The number of carbonyl (C=O) groups is 1. The monoisotopic (exact) mass is 309 g/mol. The van der Waals surface area contributed by atoms with Crippen LogP contribution in [0.15, 0.2) is 48.5 Å². The number of carbonyl (C=O) groups excluding carboxylic acids is 1. The van der Waals surface area contributed by atoms with Crippen molar-refractivity contribution in [3.05, 3.63) is 65.2 Å². The molecule has 0 atom stereocenters. The van der Waals surface area contributed by atoms with Gasteiger partial charge in [-0.25, -0.2) is 0 Å². The van der Waals surface area contributed by atoms with Crippen molar-refractivity contribution >= 4 is 17.7 Å². The molecule has 3 nitrogen and oxygen atoms in total. The first kappa shape index (κ1) is 16.8. The van der Waals surface area contributed by atoms with Crippen molar-refractivity contribution in [1.29, 1.82) is 0 Å². The Hall–Kier alpha value is -2.55. The van der Waals surface area contributed by atoms with Gasteiger partial charge in [0.2, 0.25) is 5.91 Å². The second kappa shape index (κ2) is 8.18. The molecule has 0 spiro atoms. The van der Waals surface area contributed by atoms with Crippen LogP contribution in [0.4, 0.5) is 5.69 Å². The fourth-order valence-electron chi connectivity index (χ4n) is 2.30. The molecular formula is C20H23NO2. The number of hydrogen-bond acceptors (Lipinski definition) is 2. The molecule has 2 rings (SSSR count). The van der Waals surface area contributed by atoms with Crippen molar-refractivity contribution < 1.29 is 9.53 Å². The van der Waals surface area contributed by atoms with Crippen molar-refractivity contribution in [3.8, 4) is 5.75 Å². The number of nitrogens with one attached hydrogen (secondary N) is 1. The minimum absolute atomic E-state index is 0.146. The molecule has 0 bridgehead atoms. The van der Waals surface area contributed by atoms with Gasteiger partial charge >= 0.3 is 0 Å². The Bertz CT molecular complexity index is 684. The summed E-state index contributed by atoms with van der Waals surface area (Å²) < 4.78 is 5.69. The lowest BCUT2D eigenvalue weighted by Crippen LogP contribution is -2.10. The summed E-state index contributed by atoms with van der Waals surface area (Å²) in [5.74, 6) is 0.651. The molecule has 3 heteroatoms. The summed E-state index contributed by atoms with van der Waals surface area (Å²) in [4.78, 5) is 12.2. The van der Waals surface area contributed by atoms with Crippen LogP contribution in [0, 0.1) is 13.8 Å². The van der Waals surface area contributed by atoms with Crippen LogP contribution in [0.1, 0.15) is 30.0 Å². The van der Waals surface area contributed by atoms with E-state index in [0.717, 1.165) is 34.5 Å². The lowest BCUT2D eigenvalue weighted by molar-refractivity contribution is -0.111. The van der Waals surface area contributed by atoms with E-state index in [-0.39, 0.29) is 5.91 Å². The van der Waals surface area contributed by atoms with E-state index in [1.54, 1.807) is 12.2 Å². The topological polar surface area (TPSA) is 38.3 Å². The largest absolute Gasteiger partial charge is 0.493 e. The number of amides is 1. The van der Waals surface area contributed by atoms with E-state index < -0.39 is 0 Å². The van der Waals surface area contributed by atoms with Gasteiger partial charge in [-0.05, 0) is 43.5 Å². The smallest absolute Gasteiger partial charge is 0.248 e. The minimum Gasteiger partial charge on any atom is -0.493 e. The molecular weight excluding hydrogens is 286 g/mol. The van der Waals surface area contributed by atoms with Gasteiger partial charge in [0.25, 0.3) is 0 Å². The van der Waals surface area contributed by atoms with Crippen molar-refractivity contribution in [2.75, 3.05) is 11.9 Å². The highest BCUT2D eigenvalue weighted by Crippen LogP contribution is 2.21. The third-order valence-corrected chi connectivity index (χ3v) is 3.52. The predicted octanol–water partition coefficient (Wildman–Crippen LogP) is 4.74. The molecule has 0 heterocycles. The van der Waals surface area contributed by atoms with Crippen molar-refractivity contribution in [2.45, 2.75) is 27.2 Å². The molecule has 0 aliphatic carbocycles. The zero-order valence-corrected chi connectivity index (χ0v) is 13.9. The molecule has 0 radical (unpaired) electrons. The molecule has 0 unspecified atom stereocenters. The predicted molar refractivity (Wildman–Crippen MR) is 95.8 cm³/mol. The van der Waals surface area contributed by atoms with Gasteiger partial charge in [-0.1, -0.05) is 43.3 Å². The van der Waals surface area contributed by atoms with Crippen LogP contribution >= 0.6 is 0 Å². The van der Waals surface area contributed by atoms with Gasteiger partial charge in [0.05, 0.1) is 6.61 Å². The van der Waals surface area contributed by atoms with E-state index in [2.05, 4.69) is 12.2 Å². The van der Waals surface area contributed by atoms with Gasteiger partial charge in [0, 0.05) is 17.3 Å². The second-order valence-electron chi connectivity index (χ2n) is 5.48. The molecule has 2 aromatic carbocycles. The zero-order chi connectivity index (χ0) is 16.7. The Kier molecular flexibility index (Phi) is 5.98. The molecule has 0 aliphatic heterocycles. The summed E-state index contributed by atoms with van der Waals surface area (Å²) in [5, 5.41) is 2.94. The van der Waals surface area contributed by atoms with Crippen LogP contribution in [0.25, 0.3) is 6.08 Å². The highest BCUT2D eigenvalue weighted by molar-refractivity contribution is 6.03. The van der Waals surface area contributed by atoms with E-state index in [0.29, 0.717) is 6.61 Å². The molecule has 0 fully saturated rings. The van der Waals surface area contributed by atoms with Crippen LogP contribution in [-0.4, -0.2) is 12.5 Å². The SMILES string of the molecule is CCCOc1ccccc1C=CC(=O)Nc1c(C)cccc1C. The van der Waals surface area contributed by atoms with Gasteiger partial charge in [-0.2, -0.15) is 0 Å². The summed E-state index contributed by atoms with van der Waals surface area (Å²) in [6.45, 7) is 6.70. The second-order valence-corrected chi connectivity index (χ2v) is 5.48. The standard InChI is InChI=1S/C20H23NO2/c1-4-14-23-18-11-6-5-10-17(18)12-13-19(22)21-20-15(2)8-7-9-16(20)3/h5-13H,4,14H2,1-3H3,(H,21,22). The normalized spacial score (nSPS) is 10.7. The first-order valence-electron chi connectivity index (χ1n) is 7.89. The fraction of sp³-hybridized carbons (Fsp3) is 0.250. The maximum absolute atomic E-state index is 12.2. The van der Waals surface area contributed by atoms with E-state index >= 15 is 0 Å². The van der Waals surface area contributed by atoms with E-state index in [1.807, 2.05) is 56.3 Å². The highest BCUT2D eigenvalue weighted by atomic mass is 16.5. The van der Waals surface area contributed by atoms with E-state index in [4.69, 9.17) is 4.74 Å². The van der Waals surface area contributed by atoms with Crippen molar-refractivity contribution in [1.82, 2.24) is 0 Å². The number of benzene rings is 2. The molecule has 1 amide bonds. The van der Waals surface area contributed by atoms with Crippen LogP contribution < -0.4 is 10.1 Å². The molecule has 0 aromatic heterocycles. The van der Waals surface area contributed by atoms with Gasteiger partial charge in [0.1, 0.15) is 5.75 Å². The number of aryl methyl sites for hydroxylation is 2. The highest BCUT2D eigenvalue weighted by Gasteiger charge is 2.05.